The van der Waals surface area contributed by atoms with Crippen molar-refractivity contribution in [2.75, 3.05) is 36.5 Å². The van der Waals surface area contributed by atoms with Crippen LogP contribution in [0.25, 0.3) is 0 Å². The molecule has 184 valence electrons. The first kappa shape index (κ1) is 23.5. The zero-order valence-corrected chi connectivity index (χ0v) is 19.7. The average Bonchev–Trinajstić information content (AvgIpc) is 2.80. The lowest BCUT2D eigenvalue weighted by molar-refractivity contribution is 0.155. The van der Waals surface area contributed by atoms with E-state index in [0.29, 0.717) is 25.1 Å². The Morgan fingerprint density at radius 2 is 1.71 bits per heavy atom. The van der Waals surface area contributed by atoms with Gasteiger partial charge >= 0.3 is 0 Å². The van der Waals surface area contributed by atoms with Crippen molar-refractivity contribution < 1.29 is 18.3 Å². The minimum Gasteiger partial charge on any atom is -0.508 e. The molecule has 2 heterocycles. The Balaban J connectivity index is 1.49. The lowest BCUT2D eigenvalue weighted by Gasteiger charge is -2.44. The number of hydrogen-bond donors (Lipinski definition) is 2. The Morgan fingerprint density at radius 3 is 2.40 bits per heavy atom. The molecule has 0 spiro atoms. The SMILES string of the molecule is C[C@@H]1Cc2cc(O)ccc2[C@@H](c2c(F)cc(NC3CN(CCCF)C3)cc2F)N1c1ccccc1. The number of nitrogens with one attached hydrogen (secondary N) is 1. The van der Waals surface area contributed by atoms with Crippen LogP contribution >= 0.6 is 0 Å². The number of phenols is 1. The number of likely N-dealkylation sites (tertiary alicyclic amines) is 1. The zero-order chi connectivity index (χ0) is 24.5. The van der Waals surface area contributed by atoms with Crippen LogP contribution in [0.2, 0.25) is 0 Å². The van der Waals surface area contributed by atoms with Crippen molar-refractivity contribution in [2.24, 2.45) is 0 Å². The van der Waals surface area contributed by atoms with Gasteiger partial charge in [0.15, 0.2) is 0 Å². The molecule has 0 unspecified atom stereocenters. The van der Waals surface area contributed by atoms with Crippen LogP contribution in [0.1, 0.15) is 36.1 Å². The van der Waals surface area contributed by atoms with E-state index in [1.54, 1.807) is 18.2 Å². The van der Waals surface area contributed by atoms with Gasteiger partial charge in [0.05, 0.1) is 24.3 Å². The monoisotopic (exact) mass is 481 g/mol. The van der Waals surface area contributed by atoms with Crippen LogP contribution in [0.3, 0.4) is 0 Å². The molecule has 0 amide bonds. The number of alkyl halides is 1. The van der Waals surface area contributed by atoms with Crippen LogP contribution in [0, 0.1) is 11.6 Å². The fraction of sp³-hybridized carbons (Fsp3) is 0.357. The summed E-state index contributed by atoms with van der Waals surface area (Å²) in [5.41, 5.74) is 2.95. The van der Waals surface area contributed by atoms with E-state index in [1.165, 1.54) is 12.1 Å². The predicted octanol–water partition coefficient (Wildman–Crippen LogP) is 5.67. The summed E-state index contributed by atoms with van der Waals surface area (Å²) in [5.74, 6) is -1.08. The van der Waals surface area contributed by atoms with Crippen molar-refractivity contribution in [3.8, 4) is 5.75 Å². The van der Waals surface area contributed by atoms with Crippen LogP contribution < -0.4 is 10.2 Å². The Labute approximate surface area is 204 Å². The van der Waals surface area contributed by atoms with Crippen molar-refractivity contribution in [2.45, 2.75) is 37.9 Å². The molecule has 0 aromatic heterocycles. The molecule has 1 saturated heterocycles. The van der Waals surface area contributed by atoms with Gasteiger partial charge in [0.1, 0.15) is 17.4 Å². The van der Waals surface area contributed by atoms with Gasteiger partial charge in [0, 0.05) is 37.1 Å². The molecule has 5 rings (SSSR count). The number of aromatic hydroxyl groups is 1. The van der Waals surface area contributed by atoms with Gasteiger partial charge in [-0.25, -0.2) is 8.78 Å². The standard InChI is InChI=1S/C28H30F3N3O/c1-18-12-19-13-23(35)8-9-24(19)28(34(18)22-6-3-2-4-7-22)27-25(30)14-20(15-26(27)31)32-21-16-33(17-21)11-5-10-29/h2-4,6-9,13-15,18,21,28,32,35H,5,10-12,16-17H2,1H3/t18-,28+/m1/s1. The first-order valence-electron chi connectivity index (χ1n) is 12.1. The third-order valence-corrected chi connectivity index (χ3v) is 7.03. The number of nitrogens with zero attached hydrogens (tertiary/aromatic N) is 2. The smallest absolute Gasteiger partial charge is 0.133 e. The maximum Gasteiger partial charge on any atom is 0.133 e. The number of rotatable bonds is 7. The summed E-state index contributed by atoms with van der Waals surface area (Å²) in [6.45, 7) is 3.84. The highest BCUT2D eigenvalue weighted by Crippen LogP contribution is 2.43. The molecule has 4 nitrogen and oxygen atoms in total. The van der Waals surface area contributed by atoms with E-state index in [2.05, 4.69) is 15.1 Å². The summed E-state index contributed by atoms with van der Waals surface area (Å²) in [6.07, 6.45) is 1.15. The molecule has 0 saturated carbocycles. The summed E-state index contributed by atoms with van der Waals surface area (Å²) < 4.78 is 43.8. The molecule has 2 atom stereocenters. The Kier molecular flexibility index (Phi) is 6.60. The van der Waals surface area contributed by atoms with Crippen LogP contribution in [-0.2, 0) is 6.42 Å². The number of hydrogen-bond acceptors (Lipinski definition) is 4. The summed E-state index contributed by atoms with van der Waals surface area (Å²) in [5, 5.41) is 13.3. The summed E-state index contributed by atoms with van der Waals surface area (Å²) in [6, 6.07) is 16.8. The quantitative estimate of drug-likeness (QED) is 0.456. The molecule has 2 N–H and O–H groups in total. The van der Waals surface area contributed by atoms with E-state index in [4.69, 9.17) is 0 Å². The van der Waals surface area contributed by atoms with Crippen molar-refractivity contribution >= 4 is 11.4 Å². The van der Waals surface area contributed by atoms with Crippen molar-refractivity contribution in [1.82, 2.24) is 4.90 Å². The molecule has 2 aliphatic rings. The lowest BCUT2D eigenvalue weighted by atomic mass is 9.84. The molecule has 35 heavy (non-hydrogen) atoms. The molecule has 1 fully saturated rings. The van der Waals surface area contributed by atoms with Gasteiger partial charge in [-0.15, -0.1) is 0 Å². The highest BCUT2D eigenvalue weighted by molar-refractivity contribution is 5.59. The Hall–Kier alpha value is -3.19. The maximum absolute atomic E-state index is 15.7. The Morgan fingerprint density at radius 1 is 1.00 bits per heavy atom. The third-order valence-electron chi connectivity index (χ3n) is 7.03. The summed E-state index contributed by atoms with van der Waals surface area (Å²) >= 11 is 0. The number of fused-ring (bicyclic) bond motifs is 1. The van der Waals surface area contributed by atoms with Crippen molar-refractivity contribution in [3.05, 3.63) is 89.0 Å². The van der Waals surface area contributed by atoms with Crippen LogP contribution in [0.15, 0.2) is 60.7 Å². The second kappa shape index (κ2) is 9.82. The van der Waals surface area contributed by atoms with Gasteiger partial charge in [-0.05, 0) is 67.3 Å². The molecule has 2 aliphatic heterocycles. The highest BCUT2D eigenvalue weighted by atomic mass is 19.1. The fourth-order valence-corrected chi connectivity index (χ4v) is 5.45. The average molecular weight is 482 g/mol. The third kappa shape index (κ3) is 4.69. The van der Waals surface area contributed by atoms with Gasteiger partial charge in [0.25, 0.3) is 0 Å². The zero-order valence-electron chi connectivity index (χ0n) is 19.7. The van der Waals surface area contributed by atoms with E-state index in [-0.39, 0.29) is 30.1 Å². The molecule has 0 radical (unpaired) electrons. The summed E-state index contributed by atoms with van der Waals surface area (Å²) in [4.78, 5) is 4.18. The van der Waals surface area contributed by atoms with E-state index < -0.39 is 17.7 Å². The van der Waals surface area contributed by atoms with Gasteiger partial charge < -0.3 is 15.3 Å². The topological polar surface area (TPSA) is 38.7 Å². The lowest BCUT2D eigenvalue weighted by Crippen LogP contribution is -2.54. The number of benzene rings is 3. The largest absolute Gasteiger partial charge is 0.508 e. The van der Waals surface area contributed by atoms with E-state index in [9.17, 15) is 9.50 Å². The van der Waals surface area contributed by atoms with Gasteiger partial charge in [-0.2, -0.15) is 0 Å². The number of anilines is 2. The summed E-state index contributed by atoms with van der Waals surface area (Å²) in [7, 11) is 0. The van der Waals surface area contributed by atoms with Crippen LogP contribution in [-0.4, -0.2) is 48.4 Å². The van der Waals surface area contributed by atoms with Crippen molar-refractivity contribution in [1.29, 1.82) is 0 Å². The second-order valence-corrected chi connectivity index (χ2v) is 9.58. The number of phenolic OH excluding ortho intramolecular Hbond substituents is 1. The molecule has 0 bridgehead atoms. The second-order valence-electron chi connectivity index (χ2n) is 9.58. The first-order chi connectivity index (χ1) is 16.9. The molecular weight excluding hydrogens is 451 g/mol. The molecule has 0 aliphatic carbocycles. The van der Waals surface area contributed by atoms with Gasteiger partial charge in [-0.1, -0.05) is 24.3 Å². The Bertz CT molecular complexity index is 1160. The van der Waals surface area contributed by atoms with E-state index in [0.717, 1.165) is 29.9 Å². The predicted molar refractivity (Wildman–Crippen MR) is 133 cm³/mol. The minimum atomic E-state index is -0.675. The highest BCUT2D eigenvalue weighted by Gasteiger charge is 2.37. The van der Waals surface area contributed by atoms with Crippen LogP contribution in [0.4, 0.5) is 24.5 Å². The maximum atomic E-state index is 15.7. The number of para-hydroxylation sites is 1. The first-order valence-corrected chi connectivity index (χ1v) is 12.1. The van der Waals surface area contributed by atoms with Crippen molar-refractivity contribution in [3.63, 3.8) is 0 Å². The van der Waals surface area contributed by atoms with Gasteiger partial charge in [0.2, 0.25) is 0 Å². The molecule has 7 heteroatoms. The minimum absolute atomic E-state index is 0.00363. The fourth-order valence-electron chi connectivity index (χ4n) is 5.45. The molecular formula is C28H30F3N3O. The number of halogens is 3. The van der Waals surface area contributed by atoms with E-state index in [1.807, 2.05) is 37.3 Å². The van der Waals surface area contributed by atoms with E-state index >= 15 is 8.78 Å². The normalized spacial score (nSPS) is 20.4. The van der Waals surface area contributed by atoms with Crippen LogP contribution in [0.5, 0.6) is 5.75 Å². The van der Waals surface area contributed by atoms with Gasteiger partial charge in [-0.3, -0.25) is 9.29 Å². The molecule has 3 aromatic rings. The molecule has 3 aromatic carbocycles.